The van der Waals surface area contributed by atoms with Crippen LogP contribution in [0.4, 0.5) is 5.69 Å². The predicted octanol–water partition coefficient (Wildman–Crippen LogP) is 5.01. The molecule has 0 saturated heterocycles. The molecule has 1 saturated carbocycles. The Kier molecular flexibility index (Phi) is 5.07. The SMILES string of the molecule is O=C(CCC1CCCC1)Nc1ccc(Cl)cc1Br. The molecule has 1 fully saturated rings. The highest BCUT2D eigenvalue weighted by Gasteiger charge is 2.16. The van der Waals surface area contributed by atoms with Crippen molar-refractivity contribution in [3.8, 4) is 0 Å². The zero-order valence-electron chi connectivity index (χ0n) is 10.2. The number of hydrogen-bond acceptors (Lipinski definition) is 1. The first-order valence-electron chi connectivity index (χ1n) is 6.40. The molecule has 0 unspecified atom stereocenters. The number of carbonyl (C=O) groups is 1. The minimum absolute atomic E-state index is 0.0879. The molecule has 1 aromatic carbocycles. The van der Waals surface area contributed by atoms with Gasteiger partial charge in [0.15, 0.2) is 0 Å². The van der Waals surface area contributed by atoms with E-state index in [0.717, 1.165) is 22.5 Å². The van der Waals surface area contributed by atoms with Crippen LogP contribution in [0.5, 0.6) is 0 Å². The molecule has 0 atom stereocenters. The summed E-state index contributed by atoms with van der Waals surface area (Å²) in [5.41, 5.74) is 0.788. The van der Waals surface area contributed by atoms with Gasteiger partial charge in [0.25, 0.3) is 0 Å². The molecular formula is C14H17BrClNO. The molecule has 0 spiro atoms. The molecule has 0 radical (unpaired) electrons. The zero-order valence-corrected chi connectivity index (χ0v) is 12.6. The lowest BCUT2D eigenvalue weighted by Gasteiger charge is -2.10. The molecule has 0 aliphatic heterocycles. The van der Waals surface area contributed by atoms with E-state index < -0.39 is 0 Å². The number of hydrogen-bond donors (Lipinski definition) is 1. The Bertz CT molecular complexity index is 430. The van der Waals surface area contributed by atoms with E-state index in [1.165, 1.54) is 25.7 Å². The topological polar surface area (TPSA) is 29.1 Å². The van der Waals surface area contributed by atoms with Crippen molar-refractivity contribution in [2.24, 2.45) is 5.92 Å². The molecule has 4 heteroatoms. The monoisotopic (exact) mass is 329 g/mol. The molecule has 1 N–H and O–H groups in total. The van der Waals surface area contributed by atoms with E-state index in [0.29, 0.717) is 11.4 Å². The van der Waals surface area contributed by atoms with E-state index in [2.05, 4.69) is 21.2 Å². The van der Waals surface area contributed by atoms with E-state index in [1.807, 2.05) is 6.07 Å². The Labute approximate surface area is 121 Å². The highest BCUT2D eigenvalue weighted by molar-refractivity contribution is 9.10. The maximum Gasteiger partial charge on any atom is 0.224 e. The Hall–Kier alpha value is -0.540. The van der Waals surface area contributed by atoms with Crippen LogP contribution >= 0.6 is 27.5 Å². The number of amides is 1. The molecule has 2 rings (SSSR count). The van der Waals surface area contributed by atoms with Gasteiger partial charge in [-0.2, -0.15) is 0 Å². The number of halogens is 2. The summed E-state index contributed by atoms with van der Waals surface area (Å²) in [5, 5.41) is 3.58. The lowest BCUT2D eigenvalue weighted by Crippen LogP contribution is -2.13. The Morgan fingerprint density at radius 2 is 2.11 bits per heavy atom. The van der Waals surface area contributed by atoms with Gasteiger partial charge in [-0.15, -0.1) is 0 Å². The smallest absolute Gasteiger partial charge is 0.224 e. The number of nitrogens with one attached hydrogen (secondary N) is 1. The molecule has 0 heterocycles. The van der Waals surface area contributed by atoms with Gasteiger partial charge in [0, 0.05) is 15.9 Å². The van der Waals surface area contributed by atoms with E-state index >= 15 is 0 Å². The number of benzene rings is 1. The highest BCUT2D eigenvalue weighted by atomic mass is 79.9. The molecule has 1 aliphatic rings. The first-order valence-corrected chi connectivity index (χ1v) is 7.57. The number of carbonyl (C=O) groups excluding carboxylic acids is 1. The Morgan fingerprint density at radius 1 is 1.39 bits per heavy atom. The van der Waals surface area contributed by atoms with Gasteiger partial charge in [-0.25, -0.2) is 0 Å². The molecule has 1 aromatic rings. The van der Waals surface area contributed by atoms with Gasteiger partial charge in [0.05, 0.1) is 5.69 Å². The second-order valence-electron chi connectivity index (χ2n) is 4.86. The molecule has 1 amide bonds. The number of rotatable bonds is 4. The van der Waals surface area contributed by atoms with Crippen molar-refractivity contribution in [2.45, 2.75) is 38.5 Å². The van der Waals surface area contributed by atoms with Crippen LogP contribution in [-0.4, -0.2) is 5.91 Å². The van der Waals surface area contributed by atoms with Crippen molar-refractivity contribution >= 4 is 39.1 Å². The average molecular weight is 331 g/mol. The van der Waals surface area contributed by atoms with E-state index in [-0.39, 0.29) is 5.91 Å². The van der Waals surface area contributed by atoms with E-state index in [4.69, 9.17) is 11.6 Å². The lowest BCUT2D eigenvalue weighted by molar-refractivity contribution is -0.116. The van der Waals surface area contributed by atoms with Crippen molar-refractivity contribution in [1.29, 1.82) is 0 Å². The van der Waals surface area contributed by atoms with Crippen LogP contribution in [0.1, 0.15) is 38.5 Å². The Balaban J connectivity index is 1.82. The van der Waals surface area contributed by atoms with Gasteiger partial charge in [0.1, 0.15) is 0 Å². The maximum absolute atomic E-state index is 11.8. The number of anilines is 1. The predicted molar refractivity (Wildman–Crippen MR) is 79.0 cm³/mol. The molecule has 2 nitrogen and oxygen atoms in total. The molecule has 98 valence electrons. The van der Waals surface area contributed by atoms with Gasteiger partial charge in [-0.1, -0.05) is 37.3 Å². The van der Waals surface area contributed by atoms with Crippen LogP contribution in [0, 0.1) is 5.92 Å². The first kappa shape index (κ1) is 13.9. The normalized spacial score (nSPS) is 15.9. The third-order valence-corrected chi connectivity index (χ3v) is 4.35. The van der Waals surface area contributed by atoms with E-state index in [9.17, 15) is 4.79 Å². The fourth-order valence-electron chi connectivity index (χ4n) is 2.44. The van der Waals surface area contributed by atoms with Crippen molar-refractivity contribution in [2.75, 3.05) is 5.32 Å². The second-order valence-corrected chi connectivity index (χ2v) is 6.15. The van der Waals surface area contributed by atoms with Crippen molar-refractivity contribution in [3.63, 3.8) is 0 Å². The lowest BCUT2D eigenvalue weighted by atomic mass is 10.0. The van der Waals surface area contributed by atoms with Gasteiger partial charge >= 0.3 is 0 Å². The average Bonchev–Trinajstić information content (AvgIpc) is 2.83. The molecule has 0 aromatic heterocycles. The Morgan fingerprint density at radius 3 is 2.78 bits per heavy atom. The third-order valence-electron chi connectivity index (χ3n) is 3.46. The minimum Gasteiger partial charge on any atom is -0.325 e. The van der Waals surface area contributed by atoms with Gasteiger partial charge in [0.2, 0.25) is 5.91 Å². The van der Waals surface area contributed by atoms with Crippen LogP contribution in [-0.2, 0) is 4.79 Å². The summed E-state index contributed by atoms with van der Waals surface area (Å²) in [5.74, 6) is 0.842. The summed E-state index contributed by atoms with van der Waals surface area (Å²) in [6, 6.07) is 5.38. The zero-order chi connectivity index (χ0) is 13.0. The van der Waals surface area contributed by atoms with Crippen LogP contribution < -0.4 is 5.32 Å². The standard InChI is InChI=1S/C14H17BrClNO/c15-12-9-11(16)6-7-13(12)17-14(18)8-5-10-3-1-2-4-10/h6-7,9-10H,1-5,8H2,(H,17,18). The van der Waals surface area contributed by atoms with Crippen molar-refractivity contribution in [3.05, 3.63) is 27.7 Å². The molecule has 0 bridgehead atoms. The quantitative estimate of drug-likeness (QED) is 0.826. The van der Waals surface area contributed by atoms with Gasteiger partial charge in [-0.3, -0.25) is 4.79 Å². The van der Waals surface area contributed by atoms with Gasteiger partial charge in [-0.05, 0) is 46.5 Å². The summed E-state index contributed by atoms with van der Waals surface area (Å²) >= 11 is 9.25. The second kappa shape index (κ2) is 6.58. The fraction of sp³-hybridized carbons (Fsp3) is 0.500. The van der Waals surface area contributed by atoms with Crippen LogP contribution in [0.15, 0.2) is 22.7 Å². The summed E-state index contributed by atoms with van der Waals surface area (Å²) in [6.07, 6.45) is 6.86. The minimum atomic E-state index is 0.0879. The summed E-state index contributed by atoms with van der Waals surface area (Å²) < 4.78 is 0.823. The van der Waals surface area contributed by atoms with Gasteiger partial charge < -0.3 is 5.32 Å². The molecule has 1 aliphatic carbocycles. The summed E-state index contributed by atoms with van der Waals surface area (Å²) in [6.45, 7) is 0. The molecule has 18 heavy (non-hydrogen) atoms. The van der Waals surface area contributed by atoms with E-state index in [1.54, 1.807) is 12.1 Å². The molecular weight excluding hydrogens is 314 g/mol. The largest absolute Gasteiger partial charge is 0.325 e. The first-order chi connectivity index (χ1) is 8.65. The third kappa shape index (κ3) is 3.99. The van der Waals surface area contributed by atoms with Crippen molar-refractivity contribution < 1.29 is 4.79 Å². The maximum atomic E-state index is 11.8. The van der Waals surface area contributed by atoms with Crippen LogP contribution in [0.3, 0.4) is 0 Å². The summed E-state index contributed by atoms with van der Waals surface area (Å²) in [4.78, 5) is 11.8. The highest BCUT2D eigenvalue weighted by Crippen LogP contribution is 2.29. The van der Waals surface area contributed by atoms with Crippen LogP contribution in [0.2, 0.25) is 5.02 Å². The summed E-state index contributed by atoms with van der Waals surface area (Å²) in [7, 11) is 0. The van der Waals surface area contributed by atoms with Crippen molar-refractivity contribution in [1.82, 2.24) is 0 Å². The van der Waals surface area contributed by atoms with Crippen LogP contribution in [0.25, 0.3) is 0 Å². The fourth-order valence-corrected chi connectivity index (χ4v) is 3.22.